The third kappa shape index (κ3) is 3.60. The minimum atomic E-state index is -0.607. The highest BCUT2D eigenvalue weighted by atomic mass is 16.4. The van der Waals surface area contributed by atoms with Crippen molar-refractivity contribution in [2.45, 2.75) is 39.0 Å². The predicted molar refractivity (Wildman–Crippen MR) is 80.8 cm³/mol. The van der Waals surface area contributed by atoms with Gasteiger partial charge in [0.15, 0.2) is 0 Å². The Bertz CT molecular complexity index is 432. The van der Waals surface area contributed by atoms with Gasteiger partial charge in [-0.1, -0.05) is 43.7 Å². The fourth-order valence-corrected chi connectivity index (χ4v) is 3.26. The van der Waals surface area contributed by atoms with Crippen LogP contribution in [-0.2, 0) is 11.2 Å². The summed E-state index contributed by atoms with van der Waals surface area (Å²) >= 11 is 0. The molecular weight excluding hydrogens is 250 g/mol. The molecule has 0 aromatic heterocycles. The molecule has 0 aliphatic carbocycles. The van der Waals surface area contributed by atoms with Gasteiger partial charge in [0.1, 0.15) is 0 Å². The number of aryl methyl sites for hydroxylation is 1. The summed E-state index contributed by atoms with van der Waals surface area (Å²) in [5.74, 6) is -0.607. The molecule has 1 aliphatic rings. The van der Waals surface area contributed by atoms with Gasteiger partial charge in [0.25, 0.3) is 0 Å². The first-order chi connectivity index (χ1) is 9.66. The molecule has 110 valence electrons. The van der Waals surface area contributed by atoms with Gasteiger partial charge in [0.2, 0.25) is 0 Å². The first-order valence-corrected chi connectivity index (χ1v) is 7.66. The van der Waals surface area contributed by atoms with Gasteiger partial charge in [-0.3, -0.25) is 4.79 Å². The first kappa shape index (κ1) is 15.0. The monoisotopic (exact) mass is 275 g/mol. The van der Waals surface area contributed by atoms with E-state index < -0.39 is 11.4 Å². The maximum absolute atomic E-state index is 11.5. The van der Waals surface area contributed by atoms with Crippen LogP contribution in [0.25, 0.3) is 0 Å². The summed E-state index contributed by atoms with van der Waals surface area (Å²) in [7, 11) is 0. The van der Waals surface area contributed by atoms with Gasteiger partial charge >= 0.3 is 5.97 Å². The SMILES string of the molecule is CCCC1(C(=O)O)CCN(CCCc2ccccc2)C1. The van der Waals surface area contributed by atoms with E-state index in [1.165, 1.54) is 5.56 Å². The van der Waals surface area contributed by atoms with Crippen molar-refractivity contribution < 1.29 is 9.90 Å². The normalized spacial score (nSPS) is 23.1. The fraction of sp³-hybridized carbons (Fsp3) is 0.588. The molecule has 20 heavy (non-hydrogen) atoms. The van der Waals surface area contributed by atoms with Gasteiger partial charge < -0.3 is 10.0 Å². The van der Waals surface area contributed by atoms with Crippen molar-refractivity contribution in [2.75, 3.05) is 19.6 Å². The minimum Gasteiger partial charge on any atom is -0.481 e. The number of carboxylic acid groups (broad SMARTS) is 1. The smallest absolute Gasteiger partial charge is 0.310 e. The van der Waals surface area contributed by atoms with E-state index in [9.17, 15) is 9.90 Å². The molecule has 1 atom stereocenters. The zero-order valence-corrected chi connectivity index (χ0v) is 12.3. The third-order valence-corrected chi connectivity index (χ3v) is 4.40. The van der Waals surface area contributed by atoms with Gasteiger partial charge in [0, 0.05) is 6.54 Å². The molecule has 1 aromatic rings. The second-order valence-electron chi connectivity index (χ2n) is 5.95. The van der Waals surface area contributed by atoms with E-state index in [1.54, 1.807) is 0 Å². The van der Waals surface area contributed by atoms with E-state index in [-0.39, 0.29) is 0 Å². The molecule has 1 aliphatic heterocycles. The van der Waals surface area contributed by atoms with Gasteiger partial charge in [0.05, 0.1) is 5.41 Å². The zero-order chi connectivity index (χ0) is 14.4. The van der Waals surface area contributed by atoms with Crippen molar-refractivity contribution in [3.05, 3.63) is 35.9 Å². The van der Waals surface area contributed by atoms with Crippen molar-refractivity contribution >= 4 is 5.97 Å². The van der Waals surface area contributed by atoms with Crippen LogP contribution in [0.3, 0.4) is 0 Å². The quantitative estimate of drug-likeness (QED) is 0.830. The summed E-state index contributed by atoms with van der Waals surface area (Å²) in [5, 5.41) is 9.49. The molecule has 1 aromatic carbocycles. The second-order valence-corrected chi connectivity index (χ2v) is 5.95. The Morgan fingerprint density at radius 2 is 2.10 bits per heavy atom. The van der Waals surface area contributed by atoms with Gasteiger partial charge in [-0.2, -0.15) is 0 Å². The van der Waals surface area contributed by atoms with Crippen LogP contribution >= 0.6 is 0 Å². The summed E-state index contributed by atoms with van der Waals surface area (Å²) in [6, 6.07) is 10.5. The molecule has 0 spiro atoms. The van der Waals surface area contributed by atoms with Crippen LogP contribution in [0.2, 0.25) is 0 Å². The maximum atomic E-state index is 11.5. The Kier molecular flexibility index (Phi) is 5.18. The molecule has 2 rings (SSSR count). The lowest BCUT2D eigenvalue weighted by Crippen LogP contribution is -2.35. The molecule has 0 saturated carbocycles. The molecule has 0 amide bonds. The number of nitrogens with zero attached hydrogens (tertiary/aromatic N) is 1. The summed E-state index contributed by atoms with van der Waals surface area (Å²) < 4.78 is 0. The molecule has 1 heterocycles. The summed E-state index contributed by atoms with van der Waals surface area (Å²) in [6.07, 6.45) is 4.74. The number of rotatable bonds is 7. The Balaban J connectivity index is 1.79. The lowest BCUT2D eigenvalue weighted by atomic mass is 9.83. The van der Waals surface area contributed by atoms with Crippen molar-refractivity contribution in [2.24, 2.45) is 5.41 Å². The van der Waals surface area contributed by atoms with E-state index in [4.69, 9.17) is 0 Å². The number of carbonyl (C=O) groups is 1. The third-order valence-electron chi connectivity index (χ3n) is 4.40. The molecule has 1 fully saturated rings. The maximum Gasteiger partial charge on any atom is 0.310 e. The molecule has 1 saturated heterocycles. The molecule has 3 nitrogen and oxygen atoms in total. The number of hydrogen-bond donors (Lipinski definition) is 1. The average molecular weight is 275 g/mol. The molecule has 0 radical (unpaired) electrons. The van der Waals surface area contributed by atoms with Gasteiger partial charge in [-0.05, 0) is 44.3 Å². The first-order valence-electron chi connectivity index (χ1n) is 7.66. The zero-order valence-electron chi connectivity index (χ0n) is 12.3. The van der Waals surface area contributed by atoms with Crippen molar-refractivity contribution in [1.82, 2.24) is 4.90 Å². The van der Waals surface area contributed by atoms with Crippen LogP contribution in [0.1, 0.15) is 38.2 Å². The lowest BCUT2D eigenvalue weighted by Gasteiger charge is -2.24. The number of likely N-dealkylation sites (tertiary alicyclic amines) is 1. The molecule has 1 unspecified atom stereocenters. The van der Waals surface area contributed by atoms with Crippen LogP contribution in [0.5, 0.6) is 0 Å². The van der Waals surface area contributed by atoms with E-state index >= 15 is 0 Å². The van der Waals surface area contributed by atoms with Crippen LogP contribution in [0.4, 0.5) is 0 Å². The Hall–Kier alpha value is -1.35. The van der Waals surface area contributed by atoms with E-state index in [0.717, 1.165) is 51.7 Å². The van der Waals surface area contributed by atoms with Crippen LogP contribution in [0, 0.1) is 5.41 Å². The highest BCUT2D eigenvalue weighted by molar-refractivity contribution is 5.75. The van der Waals surface area contributed by atoms with Crippen molar-refractivity contribution in [1.29, 1.82) is 0 Å². The number of carboxylic acids is 1. The summed E-state index contributed by atoms with van der Waals surface area (Å²) in [4.78, 5) is 13.9. The topological polar surface area (TPSA) is 40.5 Å². The highest BCUT2D eigenvalue weighted by Crippen LogP contribution is 2.35. The second kappa shape index (κ2) is 6.89. The largest absolute Gasteiger partial charge is 0.481 e. The van der Waals surface area contributed by atoms with Crippen LogP contribution in [-0.4, -0.2) is 35.6 Å². The Morgan fingerprint density at radius 3 is 2.75 bits per heavy atom. The van der Waals surface area contributed by atoms with Crippen LogP contribution in [0.15, 0.2) is 30.3 Å². The molecule has 3 heteroatoms. The predicted octanol–water partition coefficient (Wildman–Crippen LogP) is 3.20. The number of aliphatic carboxylic acids is 1. The van der Waals surface area contributed by atoms with E-state index in [1.807, 2.05) is 6.07 Å². The molecule has 0 bridgehead atoms. The number of benzene rings is 1. The van der Waals surface area contributed by atoms with Crippen molar-refractivity contribution in [3.63, 3.8) is 0 Å². The van der Waals surface area contributed by atoms with E-state index in [2.05, 4.69) is 36.1 Å². The van der Waals surface area contributed by atoms with Crippen molar-refractivity contribution in [3.8, 4) is 0 Å². The lowest BCUT2D eigenvalue weighted by molar-refractivity contribution is -0.148. The Morgan fingerprint density at radius 1 is 1.35 bits per heavy atom. The van der Waals surface area contributed by atoms with Gasteiger partial charge in [-0.25, -0.2) is 0 Å². The standard InChI is InChI=1S/C17H25NO2/c1-2-10-17(16(19)20)11-13-18(14-17)12-6-9-15-7-4-3-5-8-15/h3-5,7-8H,2,6,9-14H2,1H3,(H,19,20). The average Bonchev–Trinajstić information content (AvgIpc) is 2.85. The fourth-order valence-electron chi connectivity index (χ4n) is 3.26. The minimum absolute atomic E-state index is 0.485. The highest BCUT2D eigenvalue weighted by Gasteiger charge is 2.43. The molecule has 1 N–H and O–H groups in total. The summed E-state index contributed by atoms with van der Waals surface area (Å²) in [5.41, 5.74) is 0.881. The Labute approximate surface area is 121 Å². The summed E-state index contributed by atoms with van der Waals surface area (Å²) in [6.45, 7) is 4.74. The van der Waals surface area contributed by atoms with Crippen LogP contribution < -0.4 is 0 Å². The van der Waals surface area contributed by atoms with Gasteiger partial charge in [-0.15, -0.1) is 0 Å². The number of hydrogen-bond acceptors (Lipinski definition) is 2. The molecular formula is C17H25NO2. The van der Waals surface area contributed by atoms with E-state index in [0.29, 0.717) is 0 Å².